The average molecular weight is 523 g/mol. The Hall–Kier alpha value is -2.13. The zero-order valence-corrected chi connectivity index (χ0v) is 24.1. The minimum atomic E-state index is -1.82. The second-order valence-corrected chi connectivity index (χ2v) is 17.3. The smallest absolute Gasteiger partial charge is 0.414 e. The van der Waals surface area contributed by atoms with Crippen LogP contribution in [0.5, 0.6) is 0 Å². The maximum absolute atomic E-state index is 15.2. The van der Waals surface area contributed by atoms with Crippen LogP contribution < -0.4 is 10.2 Å². The molecule has 0 bridgehead atoms. The van der Waals surface area contributed by atoms with E-state index in [0.717, 1.165) is 25.7 Å². The first kappa shape index (κ1) is 28.4. The molecule has 1 aliphatic heterocycles. The van der Waals surface area contributed by atoms with Gasteiger partial charge in [0.15, 0.2) is 8.32 Å². The van der Waals surface area contributed by atoms with Crippen molar-refractivity contribution in [2.45, 2.75) is 109 Å². The number of anilines is 1. The second kappa shape index (κ2) is 10.7. The number of benzene rings is 1. The predicted molar refractivity (Wildman–Crippen MR) is 142 cm³/mol. The monoisotopic (exact) mass is 522 g/mol. The summed E-state index contributed by atoms with van der Waals surface area (Å²) in [7, 11) is -1.82. The van der Waals surface area contributed by atoms with E-state index in [1.807, 2.05) is 0 Å². The summed E-state index contributed by atoms with van der Waals surface area (Å²) in [6.45, 7) is 17.0. The SMILES string of the molecule is CC(C)(C)OC(=O)NC[C@H]1CN(c2ccc(C3CCC(O[Si](C)(C)C(C)(C)C)CC3)c(F)c2)C(=O)O1. The quantitative estimate of drug-likeness (QED) is 0.420. The highest BCUT2D eigenvalue weighted by molar-refractivity contribution is 6.74. The van der Waals surface area contributed by atoms with Crippen LogP contribution in [-0.4, -0.2) is 51.4 Å². The molecular formula is C27H43FN2O5Si. The van der Waals surface area contributed by atoms with E-state index in [1.54, 1.807) is 32.9 Å². The van der Waals surface area contributed by atoms with Crippen molar-refractivity contribution in [3.63, 3.8) is 0 Å². The lowest BCUT2D eigenvalue weighted by Crippen LogP contribution is -2.44. The molecule has 1 N–H and O–H groups in total. The summed E-state index contributed by atoms with van der Waals surface area (Å²) in [6.07, 6.45) is 2.23. The number of halogens is 1. The highest BCUT2D eigenvalue weighted by atomic mass is 28.4. The molecule has 1 heterocycles. The molecule has 2 amide bonds. The number of amides is 2. The zero-order chi connectivity index (χ0) is 26.9. The molecule has 1 aromatic rings. The molecule has 0 aromatic heterocycles. The Bertz CT molecular complexity index is 948. The maximum atomic E-state index is 15.2. The number of rotatable bonds is 6. The van der Waals surface area contributed by atoms with Gasteiger partial charge in [-0.1, -0.05) is 26.8 Å². The van der Waals surface area contributed by atoms with Crippen molar-refractivity contribution in [1.82, 2.24) is 5.32 Å². The molecule has 1 aliphatic carbocycles. The van der Waals surface area contributed by atoms with Crippen LogP contribution in [-0.2, 0) is 13.9 Å². The molecule has 7 nitrogen and oxygen atoms in total. The highest BCUT2D eigenvalue weighted by Gasteiger charge is 2.40. The zero-order valence-electron chi connectivity index (χ0n) is 23.1. The highest BCUT2D eigenvalue weighted by Crippen LogP contribution is 2.42. The van der Waals surface area contributed by atoms with E-state index in [4.69, 9.17) is 13.9 Å². The number of nitrogens with zero attached hydrogens (tertiary/aromatic N) is 1. The summed E-state index contributed by atoms with van der Waals surface area (Å²) in [6, 6.07) is 4.99. The molecule has 1 aromatic carbocycles. The Kier molecular flexibility index (Phi) is 8.45. The minimum absolute atomic E-state index is 0.123. The van der Waals surface area contributed by atoms with Gasteiger partial charge in [0, 0.05) is 6.10 Å². The molecule has 0 spiro atoms. The van der Waals surface area contributed by atoms with Gasteiger partial charge in [0.2, 0.25) is 0 Å². The molecule has 1 atom stereocenters. The van der Waals surface area contributed by atoms with E-state index in [-0.39, 0.29) is 36.0 Å². The summed E-state index contributed by atoms with van der Waals surface area (Å²) < 4.78 is 32.3. The van der Waals surface area contributed by atoms with Crippen molar-refractivity contribution >= 4 is 26.2 Å². The van der Waals surface area contributed by atoms with Gasteiger partial charge < -0.3 is 19.2 Å². The number of carbonyl (C=O) groups excluding carboxylic acids is 2. The van der Waals surface area contributed by atoms with Crippen LogP contribution >= 0.6 is 0 Å². The second-order valence-electron chi connectivity index (χ2n) is 12.6. The maximum Gasteiger partial charge on any atom is 0.414 e. The first-order valence-electron chi connectivity index (χ1n) is 13.0. The van der Waals surface area contributed by atoms with E-state index >= 15 is 4.39 Å². The van der Waals surface area contributed by atoms with Crippen LogP contribution in [0.25, 0.3) is 0 Å². The third-order valence-electron chi connectivity index (χ3n) is 7.42. The Morgan fingerprint density at radius 2 is 1.78 bits per heavy atom. The van der Waals surface area contributed by atoms with Crippen LogP contribution in [0, 0.1) is 5.82 Å². The van der Waals surface area contributed by atoms with Crippen LogP contribution in [0.2, 0.25) is 18.1 Å². The van der Waals surface area contributed by atoms with E-state index in [1.165, 1.54) is 11.0 Å². The van der Waals surface area contributed by atoms with Gasteiger partial charge in [-0.2, -0.15) is 0 Å². The molecule has 36 heavy (non-hydrogen) atoms. The average Bonchev–Trinajstić information content (AvgIpc) is 3.11. The molecule has 9 heteroatoms. The van der Waals surface area contributed by atoms with Crippen molar-refractivity contribution in [2.24, 2.45) is 0 Å². The number of nitrogens with one attached hydrogen (secondary N) is 1. The lowest BCUT2D eigenvalue weighted by Gasteiger charge is -2.41. The number of cyclic esters (lactones) is 1. The van der Waals surface area contributed by atoms with E-state index < -0.39 is 32.2 Å². The summed E-state index contributed by atoms with van der Waals surface area (Å²) in [5.74, 6) is -0.154. The largest absolute Gasteiger partial charge is 0.444 e. The fraction of sp³-hybridized carbons (Fsp3) is 0.704. The fourth-order valence-electron chi connectivity index (χ4n) is 4.45. The third-order valence-corrected chi connectivity index (χ3v) is 12.0. The van der Waals surface area contributed by atoms with Gasteiger partial charge in [-0.15, -0.1) is 0 Å². The van der Waals surface area contributed by atoms with Crippen LogP contribution in [0.1, 0.15) is 78.7 Å². The van der Waals surface area contributed by atoms with Crippen LogP contribution in [0.15, 0.2) is 18.2 Å². The van der Waals surface area contributed by atoms with Crippen molar-refractivity contribution in [3.05, 3.63) is 29.6 Å². The standard InChI is InChI=1S/C27H43FN2O5Si/c1-26(2,3)34-24(31)29-16-21-17-30(25(32)33-21)19-11-14-22(23(28)15-19)18-9-12-20(13-10-18)35-36(7,8)27(4,5)6/h11,14-15,18,20-21H,9-10,12-13,16-17H2,1-8H3,(H,29,31)/t18?,20?,21-/m0/s1. The summed E-state index contributed by atoms with van der Waals surface area (Å²) in [4.78, 5) is 25.7. The molecular weight excluding hydrogens is 479 g/mol. The normalized spacial score (nSPS) is 23.4. The number of hydrogen-bond acceptors (Lipinski definition) is 5. The Labute approximate surface area is 216 Å². The lowest BCUT2D eigenvalue weighted by atomic mass is 9.82. The van der Waals surface area contributed by atoms with E-state index in [0.29, 0.717) is 11.3 Å². The minimum Gasteiger partial charge on any atom is -0.444 e. The third kappa shape index (κ3) is 7.22. The first-order chi connectivity index (χ1) is 16.6. The van der Waals surface area contributed by atoms with Crippen molar-refractivity contribution in [3.8, 4) is 0 Å². The fourth-order valence-corrected chi connectivity index (χ4v) is 5.87. The molecule has 2 aliphatic rings. The molecule has 202 valence electrons. The number of alkyl carbamates (subject to hydrolysis) is 1. The number of ether oxygens (including phenoxy) is 2. The van der Waals surface area contributed by atoms with Crippen LogP contribution in [0.3, 0.4) is 0 Å². The Morgan fingerprint density at radius 1 is 1.14 bits per heavy atom. The summed E-state index contributed by atoms with van der Waals surface area (Å²) >= 11 is 0. The van der Waals surface area contributed by atoms with Gasteiger partial charge in [-0.05, 0) is 88.2 Å². The molecule has 1 saturated heterocycles. The number of carbonyl (C=O) groups is 2. The van der Waals surface area contributed by atoms with E-state index in [2.05, 4.69) is 39.2 Å². The van der Waals surface area contributed by atoms with E-state index in [9.17, 15) is 9.59 Å². The van der Waals surface area contributed by atoms with Gasteiger partial charge in [0.05, 0.1) is 18.8 Å². The molecule has 0 radical (unpaired) electrons. The lowest BCUT2D eigenvalue weighted by molar-refractivity contribution is 0.0496. The Morgan fingerprint density at radius 3 is 2.33 bits per heavy atom. The van der Waals surface area contributed by atoms with Gasteiger partial charge in [0.1, 0.15) is 17.5 Å². The van der Waals surface area contributed by atoms with Crippen molar-refractivity contribution in [2.75, 3.05) is 18.0 Å². The van der Waals surface area contributed by atoms with Gasteiger partial charge >= 0.3 is 12.2 Å². The topological polar surface area (TPSA) is 77.1 Å². The van der Waals surface area contributed by atoms with Crippen molar-refractivity contribution < 1.29 is 27.9 Å². The predicted octanol–water partition coefficient (Wildman–Crippen LogP) is 6.72. The first-order valence-corrected chi connectivity index (χ1v) is 15.9. The van der Waals surface area contributed by atoms with Gasteiger partial charge in [-0.3, -0.25) is 4.90 Å². The molecule has 1 saturated carbocycles. The van der Waals surface area contributed by atoms with Crippen molar-refractivity contribution in [1.29, 1.82) is 0 Å². The summed E-state index contributed by atoms with van der Waals surface area (Å²) in [5.41, 5.74) is 0.537. The molecule has 3 rings (SSSR count). The van der Waals surface area contributed by atoms with Gasteiger partial charge in [-0.25, -0.2) is 14.0 Å². The molecule has 0 unspecified atom stereocenters. The van der Waals surface area contributed by atoms with Gasteiger partial charge in [0.25, 0.3) is 0 Å². The molecule has 2 fully saturated rings. The summed E-state index contributed by atoms with van der Waals surface area (Å²) in [5, 5.41) is 2.79. The van der Waals surface area contributed by atoms with Crippen LogP contribution in [0.4, 0.5) is 19.7 Å². The number of hydrogen-bond donors (Lipinski definition) is 1. The Balaban J connectivity index is 1.55.